The van der Waals surface area contributed by atoms with E-state index >= 15 is 0 Å². The Morgan fingerprint density at radius 1 is 1.09 bits per heavy atom. The molecule has 2 aromatic carbocycles. The second-order valence-corrected chi connectivity index (χ2v) is 8.07. The van der Waals surface area contributed by atoms with Gasteiger partial charge in [0.25, 0.3) is 0 Å². The molecule has 1 N–H and O–H groups in total. The van der Waals surface area contributed by atoms with Crippen LogP contribution in [0.1, 0.15) is 5.56 Å². The van der Waals surface area contributed by atoms with Gasteiger partial charge < -0.3 is 5.32 Å². The molecular formula is C16H16N2O2S2. The summed E-state index contributed by atoms with van der Waals surface area (Å²) in [6.07, 6.45) is 2.11. The van der Waals surface area contributed by atoms with Crippen molar-refractivity contribution in [2.45, 2.75) is 11.3 Å². The van der Waals surface area contributed by atoms with Gasteiger partial charge in [-0.1, -0.05) is 47.7 Å². The average molecular weight is 332 g/mol. The van der Waals surface area contributed by atoms with Crippen molar-refractivity contribution in [2.75, 3.05) is 18.1 Å². The molecule has 0 amide bonds. The summed E-state index contributed by atoms with van der Waals surface area (Å²) < 4.78 is 24.5. The predicted molar refractivity (Wildman–Crippen MR) is 91.4 cm³/mol. The van der Waals surface area contributed by atoms with Gasteiger partial charge in [0, 0.05) is 12.8 Å². The quantitative estimate of drug-likeness (QED) is 0.778. The third-order valence-electron chi connectivity index (χ3n) is 3.31. The van der Waals surface area contributed by atoms with Gasteiger partial charge in [0.1, 0.15) is 5.52 Å². The molecule has 0 atom stereocenters. The van der Waals surface area contributed by atoms with E-state index in [2.05, 4.69) is 22.4 Å². The first-order valence-electron chi connectivity index (χ1n) is 6.91. The number of nitrogens with zero attached hydrogens (tertiary/aromatic N) is 1. The second kappa shape index (κ2) is 6.06. The summed E-state index contributed by atoms with van der Waals surface area (Å²) in [6, 6.07) is 15.5. The lowest BCUT2D eigenvalue weighted by molar-refractivity contribution is 0.602. The van der Waals surface area contributed by atoms with E-state index < -0.39 is 9.84 Å². The van der Waals surface area contributed by atoms with E-state index in [0.717, 1.165) is 22.8 Å². The molecule has 4 nitrogen and oxygen atoms in total. The molecule has 22 heavy (non-hydrogen) atoms. The summed E-state index contributed by atoms with van der Waals surface area (Å²) in [5.74, 6) is 0. The highest BCUT2D eigenvalue weighted by Gasteiger charge is 2.15. The first-order valence-corrected chi connectivity index (χ1v) is 9.62. The van der Waals surface area contributed by atoms with Crippen LogP contribution < -0.4 is 5.32 Å². The molecule has 0 unspecified atom stereocenters. The molecule has 0 radical (unpaired) electrons. The summed E-state index contributed by atoms with van der Waals surface area (Å²) >= 11 is 1.48. The maximum Gasteiger partial charge on any atom is 0.183 e. The second-order valence-electron chi connectivity index (χ2n) is 5.06. The number of rotatable bonds is 5. The SMILES string of the molecule is CS(=O)(=O)c1cccc2sc(NCCc3ccccc3)nc12. The van der Waals surface area contributed by atoms with Gasteiger partial charge in [0.15, 0.2) is 15.0 Å². The Morgan fingerprint density at radius 2 is 1.86 bits per heavy atom. The summed E-state index contributed by atoms with van der Waals surface area (Å²) in [4.78, 5) is 4.73. The molecule has 0 aliphatic heterocycles. The van der Waals surface area contributed by atoms with Gasteiger partial charge in [-0.3, -0.25) is 0 Å². The predicted octanol–water partition coefficient (Wildman–Crippen LogP) is 3.35. The molecule has 1 aromatic heterocycles. The molecule has 0 saturated carbocycles. The van der Waals surface area contributed by atoms with Crippen molar-refractivity contribution in [2.24, 2.45) is 0 Å². The zero-order valence-corrected chi connectivity index (χ0v) is 13.7. The number of hydrogen-bond donors (Lipinski definition) is 1. The smallest absolute Gasteiger partial charge is 0.183 e. The number of fused-ring (bicyclic) bond motifs is 1. The Balaban J connectivity index is 1.78. The molecule has 0 saturated heterocycles. The number of anilines is 1. The van der Waals surface area contributed by atoms with Crippen molar-refractivity contribution < 1.29 is 8.42 Å². The Labute approximate surface area is 133 Å². The zero-order valence-electron chi connectivity index (χ0n) is 12.1. The highest BCUT2D eigenvalue weighted by molar-refractivity contribution is 7.91. The number of sulfone groups is 1. The number of para-hydroxylation sites is 1. The maximum absolute atomic E-state index is 11.8. The fourth-order valence-electron chi connectivity index (χ4n) is 2.26. The number of thiazole rings is 1. The molecular weight excluding hydrogens is 316 g/mol. The molecule has 0 aliphatic carbocycles. The van der Waals surface area contributed by atoms with Crippen LogP contribution >= 0.6 is 11.3 Å². The van der Waals surface area contributed by atoms with Crippen LogP contribution in [0.3, 0.4) is 0 Å². The molecule has 3 aromatic rings. The van der Waals surface area contributed by atoms with Gasteiger partial charge in [-0.2, -0.15) is 0 Å². The average Bonchev–Trinajstić information content (AvgIpc) is 2.89. The van der Waals surface area contributed by atoms with E-state index in [4.69, 9.17) is 0 Å². The lowest BCUT2D eigenvalue weighted by Gasteiger charge is -2.02. The number of aromatic nitrogens is 1. The van der Waals surface area contributed by atoms with Crippen molar-refractivity contribution in [3.05, 3.63) is 54.1 Å². The fraction of sp³-hybridized carbons (Fsp3) is 0.188. The number of hydrogen-bond acceptors (Lipinski definition) is 5. The van der Waals surface area contributed by atoms with Crippen LogP contribution in [0.2, 0.25) is 0 Å². The lowest BCUT2D eigenvalue weighted by atomic mass is 10.2. The highest BCUT2D eigenvalue weighted by atomic mass is 32.2. The third kappa shape index (κ3) is 3.28. The molecule has 0 aliphatic rings. The first-order chi connectivity index (χ1) is 10.5. The topological polar surface area (TPSA) is 59.1 Å². The first kappa shape index (κ1) is 15.0. The van der Waals surface area contributed by atoms with Crippen LogP contribution in [-0.2, 0) is 16.3 Å². The van der Waals surface area contributed by atoms with Crippen LogP contribution in [0.25, 0.3) is 10.2 Å². The van der Waals surface area contributed by atoms with Crippen LogP contribution in [0.5, 0.6) is 0 Å². The Bertz CT molecular complexity index is 887. The highest BCUT2D eigenvalue weighted by Crippen LogP contribution is 2.30. The summed E-state index contributed by atoms with van der Waals surface area (Å²) in [6.45, 7) is 0.762. The monoisotopic (exact) mass is 332 g/mol. The van der Waals surface area contributed by atoms with Crippen molar-refractivity contribution in [3.8, 4) is 0 Å². The number of benzene rings is 2. The van der Waals surface area contributed by atoms with Crippen molar-refractivity contribution in [1.82, 2.24) is 4.98 Å². The van der Waals surface area contributed by atoms with Crippen molar-refractivity contribution in [3.63, 3.8) is 0 Å². The van der Waals surface area contributed by atoms with Crippen LogP contribution in [0.4, 0.5) is 5.13 Å². The van der Waals surface area contributed by atoms with Crippen molar-refractivity contribution in [1.29, 1.82) is 0 Å². The Hall–Kier alpha value is -1.92. The molecule has 6 heteroatoms. The van der Waals surface area contributed by atoms with Gasteiger partial charge in [-0.15, -0.1) is 0 Å². The zero-order chi connectivity index (χ0) is 15.6. The molecule has 1 heterocycles. The lowest BCUT2D eigenvalue weighted by Crippen LogP contribution is -2.04. The van der Waals surface area contributed by atoms with E-state index in [-0.39, 0.29) is 4.90 Å². The summed E-state index contributed by atoms with van der Waals surface area (Å²) in [5.41, 5.74) is 1.81. The van der Waals surface area contributed by atoms with Crippen LogP contribution in [0.15, 0.2) is 53.4 Å². The standard InChI is InChI=1S/C16H16N2O2S2/c1-22(19,20)14-9-5-8-13-15(14)18-16(21-13)17-11-10-12-6-3-2-4-7-12/h2-9H,10-11H2,1H3,(H,17,18). The van der Waals surface area contributed by atoms with Gasteiger partial charge in [-0.25, -0.2) is 13.4 Å². The molecule has 0 spiro atoms. The van der Waals surface area contributed by atoms with E-state index in [0.29, 0.717) is 5.52 Å². The maximum atomic E-state index is 11.8. The number of nitrogens with one attached hydrogen (secondary N) is 1. The molecule has 114 valence electrons. The van der Waals surface area contributed by atoms with Gasteiger partial charge in [-0.05, 0) is 24.1 Å². The van der Waals surface area contributed by atoms with Crippen molar-refractivity contribution >= 4 is 36.5 Å². The summed E-state index contributed by atoms with van der Waals surface area (Å²) in [7, 11) is -3.26. The van der Waals surface area contributed by atoms with E-state index in [1.54, 1.807) is 12.1 Å². The minimum absolute atomic E-state index is 0.289. The Morgan fingerprint density at radius 3 is 2.59 bits per heavy atom. The largest absolute Gasteiger partial charge is 0.361 e. The Kier molecular flexibility index (Phi) is 4.13. The van der Waals surface area contributed by atoms with E-state index in [9.17, 15) is 8.42 Å². The molecule has 3 rings (SSSR count). The fourth-order valence-corrected chi connectivity index (χ4v) is 4.07. The van der Waals surface area contributed by atoms with E-state index in [1.807, 2.05) is 24.3 Å². The third-order valence-corrected chi connectivity index (χ3v) is 5.42. The molecule has 0 fully saturated rings. The van der Waals surface area contributed by atoms with Crippen LogP contribution in [0, 0.1) is 0 Å². The van der Waals surface area contributed by atoms with Gasteiger partial charge >= 0.3 is 0 Å². The normalized spacial score (nSPS) is 11.7. The minimum Gasteiger partial charge on any atom is -0.361 e. The van der Waals surface area contributed by atoms with Gasteiger partial charge in [0.2, 0.25) is 0 Å². The van der Waals surface area contributed by atoms with E-state index in [1.165, 1.54) is 23.2 Å². The summed E-state index contributed by atoms with van der Waals surface area (Å²) in [5, 5.41) is 4.03. The minimum atomic E-state index is -3.26. The van der Waals surface area contributed by atoms with Gasteiger partial charge in [0.05, 0.1) is 9.60 Å². The molecule has 0 bridgehead atoms. The van der Waals surface area contributed by atoms with Crippen LogP contribution in [-0.4, -0.2) is 26.2 Å².